The Morgan fingerprint density at radius 1 is 1.35 bits per heavy atom. The molecule has 3 nitrogen and oxygen atoms in total. The highest BCUT2D eigenvalue weighted by Gasteiger charge is 1.99. The molecule has 86 valence electrons. The molecule has 0 bridgehead atoms. The van der Waals surface area contributed by atoms with E-state index in [1.54, 1.807) is 6.20 Å². The largest absolute Gasteiger partial charge is 0.379 e. The molecule has 0 radical (unpaired) electrons. The second kappa shape index (κ2) is 5.67. The van der Waals surface area contributed by atoms with Crippen molar-refractivity contribution in [3.8, 4) is 6.07 Å². The number of hydrogen-bond acceptors (Lipinski definition) is 4. The summed E-state index contributed by atoms with van der Waals surface area (Å²) in [5, 5.41) is 12.8. The van der Waals surface area contributed by atoms with Gasteiger partial charge in [0.2, 0.25) is 0 Å². The third-order valence-corrected chi connectivity index (χ3v) is 3.32. The highest BCUT2D eigenvalue weighted by molar-refractivity contribution is 7.15. The summed E-state index contributed by atoms with van der Waals surface area (Å²) in [4.78, 5) is 4.16. The molecule has 0 saturated carbocycles. The van der Waals surface area contributed by atoms with Crippen LogP contribution < -0.4 is 5.32 Å². The second-order valence-electron chi connectivity index (χ2n) is 3.44. The summed E-state index contributed by atoms with van der Waals surface area (Å²) in [7, 11) is 0. The Morgan fingerprint density at radius 3 is 2.71 bits per heavy atom. The van der Waals surface area contributed by atoms with Crippen LogP contribution in [0.4, 0.5) is 5.69 Å². The molecule has 0 spiro atoms. The van der Waals surface area contributed by atoms with Crippen molar-refractivity contribution in [2.24, 2.45) is 0 Å². The van der Waals surface area contributed by atoms with Gasteiger partial charge in [-0.1, -0.05) is 23.7 Å². The van der Waals surface area contributed by atoms with Crippen LogP contribution in [0.25, 0.3) is 0 Å². The Hall–Kier alpha value is -1.57. The lowest BCUT2D eigenvalue weighted by atomic mass is 10.1. The molecule has 1 aromatic carbocycles. The minimum Gasteiger partial charge on any atom is -0.379 e. The van der Waals surface area contributed by atoms with Crippen molar-refractivity contribution in [3.63, 3.8) is 0 Å². The zero-order valence-electron chi connectivity index (χ0n) is 8.98. The number of aromatic nitrogens is 1. The van der Waals surface area contributed by atoms with Gasteiger partial charge in [0.25, 0.3) is 0 Å². The molecule has 0 aliphatic heterocycles. The van der Waals surface area contributed by atoms with Crippen LogP contribution >= 0.6 is 22.9 Å². The van der Waals surface area contributed by atoms with E-state index in [4.69, 9.17) is 16.9 Å². The quantitative estimate of drug-likeness (QED) is 0.919. The van der Waals surface area contributed by atoms with Crippen LogP contribution in [0.2, 0.25) is 4.34 Å². The number of thiazole rings is 1. The summed E-state index contributed by atoms with van der Waals surface area (Å²) in [6, 6.07) is 9.93. The minimum absolute atomic E-state index is 0.447. The lowest BCUT2D eigenvalue weighted by Gasteiger charge is -2.04. The highest BCUT2D eigenvalue weighted by atomic mass is 35.5. The Labute approximate surface area is 109 Å². The van der Waals surface area contributed by atoms with E-state index in [9.17, 15) is 0 Å². The standard InChI is InChI=1S/C12H10ClN3S/c13-11-7-16-12(17-11)8-15-10-3-1-9(2-4-10)5-6-14/h1-4,7,15H,5,8H2. The molecular weight excluding hydrogens is 254 g/mol. The number of nitrogens with one attached hydrogen (secondary N) is 1. The fourth-order valence-electron chi connectivity index (χ4n) is 1.38. The van der Waals surface area contributed by atoms with Crippen LogP contribution in [0.3, 0.4) is 0 Å². The first-order valence-electron chi connectivity index (χ1n) is 5.08. The van der Waals surface area contributed by atoms with Gasteiger partial charge in [0.15, 0.2) is 0 Å². The van der Waals surface area contributed by atoms with Gasteiger partial charge in [-0.2, -0.15) is 5.26 Å². The third kappa shape index (κ3) is 3.45. The van der Waals surface area contributed by atoms with Gasteiger partial charge in [-0.05, 0) is 17.7 Å². The maximum absolute atomic E-state index is 8.56. The molecule has 0 aliphatic rings. The smallest absolute Gasteiger partial charge is 0.113 e. The van der Waals surface area contributed by atoms with E-state index in [0.717, 1.165) is 16.3 Å². The summed E-state index contributed by atoms with van der Waals surface area (Å²) < 4.78 is 0.700. The average molecular weight is 264 g/mol. The SMILES string of the molecule is N#CCc1ccc(NCc2ncc(Cl)s2)cc1. The number of nitriles is 1. The predicted molar refractivity (Wildman–Crippen MR) is 70.2 cm³/mol. The van der Waals surface area contributed by atoms with Crippen molar-refractivity contribution in [1.29, 1.82) is 5.26 Å². The fraction of sp³-hybridized carbons (Fsp3) is 0.167. The maximum atomic E-state index is 8.56. The molecule has 0 fully saturated rings. The third-order valence-electron chi connectivity index (χ3n) is 2.21. The number of hydrogen-bond donors (Lipinski definition) is 1. The molecule has 1 N–H and O–H groups in total. The molecule has 0 saturated heterocycles. The van der Waals surface area contributed by atoms with Crippen molar-refractivity contribution < 1.29 is 0 Å². The molecule has 0 amide bonds. The zero-order chi connectivity index (χ0) is 12.1. The minimum atomic E-state index is 0.447. The van der Waals surface area contributed by atoms with Gasteiger partial charge in [0.05, 0.1) is 25.2 Å². The van der Waals surface area contributed by atoms with Gasteiger partial charge < -0.3 is 5.32 Å². The van der Waals surface area contributed by atoms with Gasteiger partial charge >= 0.3 is 0 Å². The lowest BCUT2D eigenvalue weighted by molar-refractivity contribution is 1.10. The van der Waals surface area contributed by atoms with Crippen LogP contribution in [-0.2, 0) is 13.0 Å². The fourth-order valence-corrected chi connectivity index (χ4v) is 2.28. The molecule has 5 heteroatoms. The molecule has 2 rings (SSSR count). The second-order valence-corrected chi connectivity index (χ2v) is 5.19. The van der Waals surface area contributed by atoms with E-state index in [2.05, 4.69) is 16.4 Å². The molecule has 0 aliphatic carbocycles. The summed E-state index contributed by atoms with van der Waals surface area (Å²) in [6.45, 7) is 0.662. The van der Waals surface area contributed by atoms with Crippen molar-refractivity contribution in [2.75, 3.05) is 5.32 Å². The molecular formula is C12H10ClN3S. The first-order chi connectivity index (χ1) is 8.28. The van der Waals surface area contributed by atoms with Crippen LogP contribution in [0, 0.1) is 11.3 Å². The van der Waals surface area contributed by atoms with Crippen molar-refractivity contribution in [3.05, 3.63) is 45.4 Å². The average Bonchev–Trinajstić information content (AvgIpc) is 2.75. The summed E-state index contributed by atoms with van der Waals surface area (Å²) in [5.41, 5.74) is 2.04. The topological polar surface area (TPSA) is 48.7 Å². The van der Waals surface area contributed by atoms with Crippen molar-refractivity contribution >= 4 is 28.6 Å². The van der Waals surface area contributed by atoms with Crippen molar-refractivity contribution in [2.45, 2.75) is 13.0 Å². The number of nitrogens with zero attached hydrogens (tertiary/aromatic N) is 2. The Morgan fingerprint density at radius 2 is 2.12 bits per heavy atom. The molecule has 0 atom stereocenters. The van der Waals surface area contributed by atoms with Crippen LogP contribution in [-0.4, -0.2) is 4.98 Å². The lowest BCUT2D eigenvalue weighted by Crippen LogP contribution is -1.98. The van der Waals surface area contributed by atoms with E-state index >= 15 is 0 Å². The summed E-state index contributed by atoms with van der Waals surface area (Å²) in [6.07, 6.45) is 2.10. The number of halogens is 1. The van der Waals surface area contributed by atoms with E-state index in [0.29, 0.717) is 17.3 Å². The van der Waals surface area contributed by atoms with E-state index in [-0.39, 0.29) is 0 Å². The maximum Gasteiger partial charge on any atom is 0.113 e. The molecule has 17 heavy (non-hydrogen) atoms. The van der Waals surface area contributed by atoms with Crippen LogP contribution in [0.15, 0.2) is 30.5 Å². The summed E-state index contributed by atoms with van der Waals surface area (Å²) >= 11 is 7.26. The molecule has 2 aromatic rings. The van der Waals surface area contributed by atoms with Crippen LogP contribution in [0.1, 0.15) is 10.6 Å². The van der Waals surface area contributed by atoms with E-state index in [1.807, 2.05) is 24.3 Å². The van der Waals surface area contributed by atoms with Gasteiger partial charge in [-0.3, -0.25) is 0 Å². The normalized spacial score (nSPS) is 9.88. The predicted octanol–water partition coefficient (Wildman–Crippen LogP) is 3.47. The van der Waals surface area contributed by atoms with Gasteiger partial charge in [-0.25, -0.2) is 4.98 Å². The monoisotopic (exact) mass is 263 g/mol. The highest BCUT2D eigenvalue weighted by Crippen LogP contribution is 2.19. The van der Waals surface area contributed by atoms with Gasteiger partial charge in [0, 0.05) is 5.69 Å². The Kier molecular flexibility index (Phi) is 3.97. The van der Waals surface area contributed by atoms with Crippen molar-refractivity contribution in [1.82, 2.24) is 4.98 Å². The first-order valence-corrected chi connectivity index (χ1v) is 6.27. The number of rotatable bonds is 4. The molecule has 0 unspecified atom stereocenters. The zero-order valence-corrected chi connectivity index (χ0v) is 10.6. The van der Waals surface area contributed by atoms with E-state index < -0.39 is 0 Å². The number of benzene rings is 1. The van der Waals surface area contributed by atoms with Gasteiger partial charge in [-0.15, -0.1) is 11.3 Å². The number of anilines is 1. The Balaban J connectivity index is 1.93. The van der Waals surface area contributed by atoms with E-state index in [1.165, 1.54) is 11.3 Å². The van der Waals surface area contributed by atoms with Crippen LogP contribution in [0.5, 0.6) is 0 Å². The Bertz CT molecular complexity index is 527. The summed E-state index contributed by atoms with van der Waals surface area (Å²) in [5.74, 6) is 0. The molecule has 1 heterocycles. The molecule has 1 aromatic heterocycles. The first kappa shape index (κ1) is 11.9. The van der Waals surface area contributed by atoms with Gasteiger partial charge in [0.1, 0.15) is 9.34 Å².